The molecule has 0 spiro atoms. The van der Waals surface area contributed by atoms with Crippen molar-refractivity contribution >= 4 is 11.5 Å². The van der Waals surface area contributed by atoms with Crippen molar-refractivity contribution in [3.05, 3.63) is 47.5 Å². The number of ether oxygens (including phenoxy) is 1. The van der Waals surface area contributed by atoms with Gasteiger partial charge in [0, 0.05) is 23.6 Å². The van der Waals surface area contributed by atoms with Gasteiger partial charge in [-0.1, -0.05) is 13.8 Å². The largest absolute Gasteiger partial charge is 0.460 e. The van der Waals surface area contributed by atoms with Gasteiger partial charge in [-0.25, -0.2) is 9.37 Å². The van der Waals surface area contributed by atoms with Crippen LogP contribution in [-0.4, -0.2) is 51.0 Å². The lowest BCUT2D eigenvalue weighted by atomic mass is 10.2. The van der Waals surface area contributed by atoms with E-state index < -0.39 is 0 Å². The predicted octanol–water partition coefficient (Wildman–Crippen LogP) is 2.27. The molecule has 0 aliphatic heterocycles. The van der Waals surface area contributed by atoms with E-state index in [0.717, 1.165) is 29.9 Å². The maximum Gasteiger partial charge on any atom is 0.337 e. The van der Waals surface area contributed by atoms with Crippen LogP contribution >= 0.6 is 0 Å². The average molecular weight is 373 g/mol. The molecule has 7 nitrogen and oxygen atoms in total. The normalized spacial score (nSPS) is 11.1. The SMILES string of the molecule is CCc1cc(CC)n2nc(OCCN(CCO)c3ccc(F)cc3)nc2n1. The average Bonchev–Trinajstić information content (AvgIpc) is 3.10. The first kappa shape index (κ1) is 19.0. The summed E-state index contributed by atoms with van der Waals surface area (Å²) in [5.41, 5.74) is 2.83. The second-order valence-electron chi connectivity index (χ2n) is 6.09. The van der Waals surface area contributed by atoms with Gasteiger partial charge >= 0.3 is 6.01 Å². The van der Waals surface area contributed by atoms with E-state index >= 15 is 0 Å². The molecule has 1 aromatic carbocycles. The second kappa shape index (κ2) is 8.77. The molecule has 0 amide bonds. The van der Waals surface area contributed by atoms with Crippen molar-refractivity contribution in [1.82, 2.24) is 19.6 Å². The summed E-state index contributed by atoms with van der Waals surface area (Å²) >= 11 is 0. The number of halogens is 1. The Labute approximate surface area is 157 Å². The molecule has 2 aromatic heterocycles. The summed E-state index contributed by atoms with van der Waals surface area (Å²) in [6.45, 7) is 5.37. The van der Waals surface area contributed by atoms with E-state index in [1.807, 2.05) is 11.0 Å². The third-order valence-corrected chi connectivity index (χ3v) is 4.30. The Hall–Kier alpha value is -2.74. The smallest absolute Gasteiger partial charge is 0.337 e. The van der Waals surface area contributed by atoms with Gasteiger partial charge in [0.05, 0.1) is 13.2 Å². The van der Waals surface area contributed by atoms with Crippen LogP contribution in [-0.2, 0) is 12.8 Å². The molecule has 1 N–H and O–H groups in total. The van der Waals surface area contributed by atoms with Crippen molar-refractivity contribution in [2.24, 2.45) is 0 Å². The standard InChI is InChI=1S/C19H24FN5O2/c1-3-15-13-16(4-2)25-18(21-15)22-19(23-25)27-12-10-24(9-11-26)17-7-5-14(20)6-8-17/h5-8,13,26H,3-4,9-12H2,1-2H3. The van der Waals surface area contributed by atoms with Crippen molar-refractivity contribution in [1.29, 1.82) is 0 Å². The highest BCUT2D eigenvalue weighted by atomic mass is 19.1. The first-order valence-electron chi connectivity index (χ1n) is 9.14. The second-order valence-corrected chi connectivity index (χ2v) is 6.09. The van der Waals surface area contributed by atoms with E-state index in [4.69, 9.17) is 4.74 Å². The number of aryl methyl sites for hydroxylation is 2. The number of rotatable bonds is 9. The lowest BCUT2D eigenvalue weighted by molar-refractivity contribution is 0.281. The van der Waals surface area contributed by atoms with Gasteiger partial charge < -0.3 is 14.7 Å². The fraction of sp³-hybridized carbons (Fsp3) is 0.421. The fourth-order valence-corrected chi connectivity index (χ4v) is 2.85. The molecule has 0 atom stereocenters. The van der Waals surface area contributed by atoms with Gasteiger partial charge in [0.1, 0.15) is 12.4 Å². The molecule has 144 valence electrons. The maximum absolute atomic E-state index is 13.1. The van der Waals surface area contributed by atoms with Crippen LogP contribution in [0, 0.1) is 5.82 Å². The van der Waals surface area contributed by atoms with Gasteiger partial charge in [0.25, 0.3) is 5.78 Å². The van der Waals surface area contributed by atoms with E-state index in [0.29, 0.717) is 25.5 Å². The van der Waals surface area contributed by atoms with Gasteiger partial charge in [-0.2, -0.15) is 9.50 Å². The minimum absolute atomic E-state index is 0.00638. The molecule has 0 unspecified atom stereocenters. The molecule has 0 fully saturated rings. The molecule has 0 bridgehead atoms. The summed E-state index contributed by atoms with van der Waals surface area (Å²) in [4.78, 5) is 10.8. The van der Waals surface area contributed by atoms with Crippen LogP contribution in [0.15, 0.2) is 30.3 Å². The van der Waals surface area contributed by atoms with Crippen LogP contribution in [0.5, 0.6) is 6.01 Å². The van der Waals surface area contributed by atoms with E-state index in [1.165, 1.54) is 12.1 Å². The zero-order chi connectivity index (χ0) is 19.2. The number of fused-ring (bicyclic) bond motifs is 1. The van der Waals surface area contributed by atoms with Crippen molar-refractivity contribution in [3.8, 4) is 6.01 Å². The minimum atomic E-state index is -0.293. The van der Waals surface area contributed by atoms with Crippen molar-refractivity contribution in [2.45, 2.75) is 26.7 Å². The Morgan fingerprint density at radius 1 is 1.11 bits per heavy atom. The highest BCUT2D eigenvalue weighted by Gasteiger charge is 2.12. The summed E-state index contributed by atoms with van der Waals surface area (Å²) < 4.78 is 20.5. The predicted molar refractivity (Wildman–Crippen MR) is 101 cm³/mol. The van der Waals surface area contributed by atoms with Gasteiger partial charge in [-0.05, 0) is 43.2 Å². The summed E-state index contributed by atoms with van der Waals surface area (Å²) in [6, 6.07) is 8.45. The molecule has 0 saturated heterocycles. The van der Waals surface area contributed by atoms with Crippen LogP contribution < -0.4 is 9.64 Å². The summed E-state index contributed by atoms with van der Waals surface area (Å²) in [5, 5.41) is 13.7. The first-order chi connectivity index (χ1) is 13.1. The van der Waals surface area contributed by atoms with Gasteiger partial charge in [0.15, 0.2) is 0 Å². The first-order valence-corrected chi connectivity index (χ1v) is 9.14. The van der Waals surface area contributed by atoms with E-state index in [-0.39, 0.29) is 18.4 Å². The van der Waals surface area contributed by atoms with Crippen LogP contribution in [0.3, 0.4) is 0 Å². The number of anilines is 1. The van der Waals surface area contributed by atoms with Gasteiger partial charge in [0.2, 0.25) is 0 Å². The number of aliphatic hydroxyl groups excluding tert-OH is 1. The maximum atomic E-state index is 13.1. The minimum Gasteiger partial charge on any atom is -0.460 e. The molecule has 0 aliphatic carbocycles. The van der Waals surface area contributed by atoms with E-state index in [1.54, 1.807) is 16.6 Å². The molecule has 2 heterocycles. The molecule has 0 aliphatic rings. The van der Waals surface area contributed by atoms with Crippen LogP contribution in [0.2, 0.25) is 0 Å². The van der Waals surface area contributed by atoms with Crippen molar-refractivity contribution in [2.75, 3.05) is 31.2 Å². The summed E-state index contributed by atoms with van der Waals surface area (Å²) in [6.07, 6.45) is 1.66. The number of hydrogen-bond donors (Lipinski definition) is 1. The van der Waals surface area contributed by atoms with Gasteiger partial charge in [-0.15, -0.1) is 5.10 Å². The zero-order valence-electron chi connectivity index (χ0n) is 15.6. The Bertz CT molecular complexity index is 882. The van der Waals surface area contributed by atoms with Gasteiger partial charge in [-0.3, -0.25) is 0 Å². The molecular weight excluding hydrogens is 349 g/mol. The lowest BCUT2D eigenvalue weighted by Crippen LogP contribution is -2.31. The molecule has 3 aromatic rings. The number of hydrogen-bond acceptors (Lipinski definition) is 6. The third-order valence-electron chi connectivity index (χ3n) is 4.30. The Morgan fingerprint density at radius 3 is 2.56 bits per heavy atom. The zero-order valence-corrected chi connectivity index (χ0v) is 15.6. The third kappa shape index (κ3) is 4.51. The fourth-order valence-electron chi connectivity index (χ4n) is 2.85. The van der Waals surface area contributed by atoms with Crippen molar-refractivity contribution < 1.29 is 14.2 Å². The molecule has 3 rings (SSSR count). The van der Waals surface area contributed by atoms with E-state index in [9.17, 15) is 9.50 Å². The highest BCUT2D eigenvalue weighted by Crippen LogP contribution is 2.15. The Morgan fingerprint density at radius 2 is 1.89 bits per heavy atom. The number of benzene rings is 1. The highest BCUT2D eigenvalue weighted by molar-refractivity contribution is 5.46. The van der Waals surface area contributed by atoms with Crippen molar-refractivity contribution in [3.63, 3.8) is 0 Å². The monoisotopic (exact) mass is 373 g/mol. The Balaban J connectivity index is 1.69. The summed E-state index contributed by atoms with van der Waals surface area (Å²) in [5.74, 6) is 0.241. The Kier molecular flexibility index (Phi) is 6.18. The molecular formula is C19H24FN5O2. The van der Waals surface area contributed by atoms with Crippen LogP contribution in [0.25, 0.3) is 5.78 Å². The van der Waals surface area contributed by atoms with Crippen LogP contribution in [0.1, 0.15) is 25.2 Å². The molecule has 0 radical (unpaired) electrons. The molecule has 27 heavy (non-hydrogen) atoms. The molecule has 8 heteroatoms. The number of nitrogens with zero attached hydrogens (tertiary/aromatic N) is 5. The van der Waals surface area contributed by atoms with E-state index in [2.05, 4.69) is 28.9 Å². The molecule has 0 saturated carbocycles. The topological polar surface area (TPSA) is 75.8 Å². The lowest BCUT2D eigenvalue weighted by Gasteiger charge is -2.23. The number of aliphatic hydroxyl groups is 1. The summed E-state index contributed by atoms with van der Waals surface area (Å²) in [7, 11) is 0. The van der Waals surface area contributed by atoms with Crippen LogP contribution in [0.4, 0.5) is 10.1 Å². The number of aromatic nitrogens is 4. The quantitative estimate of drug-likeness (QED) is 0.620.